The third-order valence-corrected chi connectivity index (χ3v) is 5.74. The molecule has 0 fully saturated rings. The molecule has 10 nitrogen and oxygen atoms in total. The Morgan fingerprint density at radius 2 is 1.95 bits per heavy atom. The van der Waals surface area contributed by atoms with Crippen LogP contribution in [0.1, 0.15) is 38.8 Å². The quantitative estimate of drug-likeness (QED) is 0.314. The monoisotopic (exact) mass is 543 g/mol. The van der Waals surface area contributed by atoms with E-state index < -0.39 is 35.0 Å². The lowest BCUT2D eigenvalue weighted by atomic mass is 9.86. The Bertz CT molecular complexity index is 1320. The molecule has 0 aliphatic rings. The number of aliphatic hydroxyl groups is 1. The lowest BCUT2D eigenvalue weighted by molar-refractivity contribution is -0.0574. The molecule has 2 aromatic carbocycles. The van der Waals surface area contributed by atoms with E-state index >= 15 is 4.39 Å². The average molecular weight is 544 g/mol. The minimum Gasteiger partial charge on any atom is -0.443 e. The number of halogens is 2. The highest BCUT2D eigenvalue weighted by Gasteiger charge is 2.44. The molecule has 1 heterocycles. The van der Waals surface area contributed by atoms with Gasteiger partial charge < -0.3 is 15.2 Å². The van der Waals surface area contributed by atoms with Crippen LogP contribution >= 0.6 is 12.2 Å². The van der Waals surface area contributed by atoms with Crippen molar-refractivity contribution in [2.24, 2.45) is 0 Å². The lowest BCUT2D eigenvalue weighted by Crippen LogP contribution is -2.61. The molecule has 200 valence electrons. The zero-order valence-electron chi connectivity index (χ0n) is 21.1. The number of anilines is 1. The molecule has 0 bridgehead atoms. The maximum atomic E-state index is 15.1. The minimum atomic E-state index is -2.13. The molecule has 3 N–H and O–H groups in total. The smallest absolute Gasteiger partial charge is 0.426 e. The molecule has 0 spiro atoms. The number of hydrazine groups is 1. The summed E-state index contributed by atoms with van der Waals surface area (Å²) in [6.07, 6.45) is 1.66. The molecular formula is C25H27F2N7O3S. The van der Waals surface area contributed by atoms with Crippen LogP contribution in [0.5, 0.6) is 0 Å². The van der Waals surface area contributed by atoms with Crippen LogP contribution in [0.3, 0.4) is 0 Å². The Balaban J connectivity index is 2.04. The summed E-state index contributed by atoms with van der Waals surface area (Å²) in [7, 11) is 0. The highest BCUT2D eigenvalue weighted by molar-refractivity contribution is 7.80. The number of rotatable bonds is 6. The summed E-state index contributed by atoms with van der Waals surface area (Å²) in [5.74, 6) is -1.84. The Kier molecular flexibility index (Phi) is 8.60. The van der Waals surface area contributed by atoms with Gasteiger partial charge in [-0.1, -0.05) is 6.07 Å². The summed E-state index contributed by atoms with van der Waals surface area (Å²) in [4.78, 5) is 16.6. The van der Waals surface area contributed by atoms with Crippen LogP contribution in [0.4, 0.5) is 19.3 Å². The Labute approximate surface area is 223 Å². The van der Waals surface area contributed by atoms with Gasteiger partial charge in [0.1, 0.15) is 35.5 Å². The summed E-state index contributed by atoms with van der Waals surface area (Å²) < 4.78 is 35.4. The number of carbonyl (C=O) groups is 1. The van der Waals surface area contributed by atoms with Crippen molar-refractivity contribution in [2.45, 2.75) is 51.5 Å². The Hall–Kier alpha value is -4.15. The Morgan fingerprint density at radius 1 is 1.26 bits per heavy atom. The summed E-state index contributed by atoms with van der Waals surface area (Å²) in [6.45, 7) is 6.17. The van der Waals surface area contributed by atoms with Crippen molar-refractivity contribution in [3.63, 3.8) is 0 Å². The maximum absolute atomic E-state index is 15.1. The van der Waals surface area contributed by atoms with Crippen LogP contribution < -0.4 is 10.7 Å². The number of hydrogen-bond acceptors (Lipinski definition) is 7. The number of thiocarbonyl (C=S) groups is 1. The maximum Gasteiger partial charge on any atom is 0.426 e. The van der Waals surface area contributed by atoms with Gasteiger partial charge in [-0.15, -0.1) is 0 Å². The van der Waals surface area contributed by atoms with Crippen molar-refractivity contribution in [1.82, 2.24) is 25.2 Å². The van der Waals surface area contributed by atoms with Gasteiger partial charge in [0.25, 0.3) is 0 Å². The van der Waals surface area contributed by atoms with E-state index in [0.29, 0.717) is 17.3 Å². The third-order valence-electron chi connectivity index (χ3n) is 5.44. The molecule has 1 amide bonds. The van der Waals surface area contributed by atoms with Gasteiger partial charge in [-0.05, 0) is 70.2 Å². The van der Waals surface area contributed by atoms with Crippen LogP contribution in [-0.4, -0.2) is 47.7 Å². The van der Waals surface area contributed by atoms with Gasteiger partial charge in [0.2, 0.25) is 0 Å². The number of carbonyl (C=O) groups excluding carboxylic acids is 1. The Morgan fingerprint density at radius 3 is 2.50 bits per heavy atom. The molecule has 0 aliphatic carbocycles. The number of ether oxygens (including phenoxy) is 1. The predicted molar refractivity (Wildman–Crippen MR) is 138 cm³/mol. The molecule has 3 aromatic rings. The van der Waals surface area contributed by atoms with Crippen molar-refractivity contribution in [2.75, 3.05) is 5.32 Å². The number of nitrogens with one attached hydrogen (secondary N) is 2. The van der Waals surface area contributed by atoms with E-state index in [1.165, 1.54) is 24.3 Å². The molecular weight excluding hydrogens is 516 g/mol. The zero-order chi connectivity index (χ0) is 28.1. The number of aromatic nitrogens is 3. The van der Waals surface area contributed by atoms with E-state index in [2.05, 4.69) is 20.8 Å². The van der Waals surface area contributed by atoms with Gasteiger partial charge in [-0.25, -0.2) is 28.7 Å². The summed E-state index contributed by atoms with van der Waals surface area (Å²) in [5, 5.41) is 29.0. The van der Waals surface area contributed by atoms with E-state index in [4.69, 9.17) is 22.2 Å². The first-order valence-corrected chi connectivity index (χ1v) is 11.8. The first-order chi connectivity index (χ1) is 17.8. The SMILES string of the molecule is CC(N(NC(=O)OC(C)(C)C)C(=S)Nc1ccc(C#N)cc1)C(O)(Cn1cncn1)c1ccc(F)cc1F. The predicted octanol–water partition coefficient (Wildman–Crippen LogP) is 3.84. The average Bonchev–Trinajstić information content (AvgIpc) is 3.34. The molecule has 2 unspecified atom stereocenters. The summed E-state index contributed by atoms with van der Waals surface area (Å²) >= 11 is 5.55. The highest BCUT2D eigenvalue weighted by Crippen LogP contribution is 2.33. The van der Waals surface area contributed by atoms with Crippen molar-refractivity contribution in [3.05, 3.63) is 77.9 Å². The number of hydrogen-bond donors (Lipinski definition) is 3. The van der Waals surface area contributed by atoms with Gasteiger partial charge in [0.05, 0.1) is 24.2 Å². The normalized spacial score (nSPS) is 13.5. The van der Waals surface area contributed by atoms with E-state index in [1.807, 2.05) is 6.07 Å². The van der Waals surface area contributed by atoms with E-state index in [1.54, 1.807) is 45.0 Å². The number of nitriles is 1. The molecule has 2 atom stereocenters. The molecule has 0 radical (unpaired) electrons. The standard InChI is InChI=1S/C25H27F2N7O3S/c1-16(25(36,13-33-15-29-14-30-33)20-10-7-18(26)11-21(20)27)34(32-23(35)37-24(2,3)4)22(38)31-19-8-5-17(12-28)6-9-19/h5-11,14-16,36H,13H2,1-4H3,(H,31,38)(H,32,35). The first-order valence-electron chi connectivity index (χ1n) is 11.4. The van der Waals surface area contributed by atoms with Crippen LogP contribution in [0, 0.1) is 23.0 Å². The second-order valence-electron chi connectivity index (χ2n) is 9.42. The van der Waals surface area contributed by atoms with Crippen molar-refractivity contribution < 1.29 is 23.4 Å². The molecule has 38 heavy (non-hydrogen) atoms. The largest absolute Gasteiger partial charge is 0.443 e. The molecule has 1 aromatic heterocycles. The van der Waals surface area contributed by atoms with Gasteiger partial charge >= 0.3 is 6.09 Å². The second-order valence-corrected chi connectivity index (χ2v) is 9.81. The molecule has 0 saturated carbocycles. The van der Waals surface area contributed by atoms with E-state index in [-0.39, 0.29) is 17.2 Å². The van der Waals surface area contributed by atoms with Gasteiger partial charge in [-0.2, -0.15) is 10.4 Å². The molecule has 0 saturated heterocycles. The number of benzene rings is 2. The van der Waals surface area contributed by atoms with Crippen LogP contribution in [0.2, 0.25) is 0 Å². The van der Waals surface area contributed by atoms with E-state index in [9.17, 15) is 14.3 Å². The van der Waals surface area contributed by atoms with Crippen LogP contribution in [0.15, 0.2) is 55.1 Å². The van der Waals surface area contributed by atoms with Crippen molar-refractivity contribution in [3.8, 4) is 6.07 Å². The topological polar surface area (TPSA) is 128 Å². The van der Waals surface area contributed by atoms with Crippen LogP contribution in [0.25, 0.3) is 0 Å². The fourth-order valence-electron chi connectivity index (χ4n) is 3.59. The number of nitrogens with zero attached hydrogens (tertiary/aromatic N) is 5. The highest BCUT2D eigenvalue weighted by atomic mass is 32.1. The van der Waals surface area contributed by atoms with Crippen LogP contribution in [-0.2, 0) is 16.9 Å². The molecule has 0 aliphatic heterocycles. The number of amides is 1. The summed E-state index contributed by atoms with van der Waals surface area (Å²) in [5.41, 5.74) is 0.164. The second kappa shape index (κ2) is 11.5. The van der Waals surface area contributed by atoms with Gasteiger partial charge in [0, 0.05) is 17.3 Å². The van der Waals surface area contributed by atoms with Gasteiger partial charge in [0.15, 0.2) is 5.11 Å². The summed E-state index contributed by atoms with van der Waals surface area (Å²) in [6, 6.07) is 9.93. The zero-order valence-corrected chi connectivity index (χ0v) is 22.0. The first kappa shape index (κ1) is 28.4. The van der Waals surface area contributed by atoms with Crippen molar-refractivity contribution >= 4 is 29.1 Å². The van der Waals surface area contributed by atoms with E-state index in [0.717, 1.165) is 17.1 Å². The molecule has 3 rings (SSSR count). The molecule has 13 heteroatoms. The fourth-order valence-corrected chi connectivity index (χ4v) is 3.91. The fraction of sp³-hybridized carbons (Fsp3) is 0.320. The van der Waals surface area contributed by atoms with Gasteiger partial charge in [-0.3, -0.25) is 5.01 Å². The minimum absolute atomic E-state index is 0.0902. The van der Waals surface area contributed by atoms with Crippen molar-refractivity contribution in [1.29, 1.82) is 5.26 Å². The third kappa shape index (κ3) is 6.99. The lowest BCUT2D eigenvalue weighted by Gasteiger charge is -2.42.